The van der Waals surface area contributed by atoms with Gasteiger partial charge in [-0.05, 0) is 53.8 Å². The lowest BCUT2D eigenvalue weighted by atomic mass is 10.3. The number of nitrogens with one attached hydrogen (secondary N) is 1. The molecule has 6 nitrogen and oxygen atoms in total. The predicted molar refractivity (Wildman–Crippen MR) is 92.8 cm³/mol. The standard InChI is InChI=1S/C15H20IN3O3/c1-2-22-14(20)11-18-7-9-19(10-8-18)15(21)17-13-5-3-12(16)4-6-13/h3-6H,2,7-11H2,1H3,(H,17,21). The highest BCUT2D eigenvalue weighted by molar-refractivity contribution is 14.1. The number of hydrogen-bond acceptors (Lipinski definition) is 4. The molecule has 120 valence electrons. The van der Waals surface area contributed by atoms with Gasteiger partial charge in [0.1, 0.15) is 0 Å². The van der Waals surface area contributed by atoms with Crippen LogP contribution in [0.2, 0.25) is 0 Å². The van der Waals surface area contributed by atoms with Crippen molar-refractivity contribution in [2.75, 3.05) is 44.6 Å². The molecule has 1 saturated heterocycles. The van der Waals surface area contributed by atoms with Crippen molar-refractivity contribution < 1.29 is 14.3 Å². The lowest BCUT2D eigenvalue weighted by molar-refractivity contribution is -0.144. The van der Waals surface area contributed by atoms with Crippen LogP contribution in [0.25, 0.3) is 0 Å². The SMILES string of the molecule is CCOC(=O)CN1CCN(C(=O)Nc2ccc(I)cc2)CC1. The first-order valence-corrected chi connectivity index (χ1v) is 8.36. The Labute approximate surface area is 143 Å². The minimum Gasteiger partial charge on any atom is -0.465 e. The largest absolute Gasteiger partial charge is 0.465 e. The fraction of sp³-hybridized carbons (Fsp3) is 0.467. The van der Waals surface area contributed by atoms with Crippen molar-refractivity contribution >= 4 is 40.3 Å². The Morgan fingerprint density at radius 3 is 2.41 bits per heavy atom. The highest BCUT2D eigenvalue weighted by atomic mass is 127. The molecule has 2 rings (SSSR count). The van der Waals surface area contributed by atoms with E-state index in [0.717, 1.165) is 9.26 Å². The molecule has 0 saturated carbocycles. The summed E-state index contributed by atoms with van der Waals surface area (Å²) < 4.78 is 6.06. The van der Waals surface area contributed by atoms with Gasteiger partial charge in [0.15, 0.2) is 0 Å². The molecule has 1 aromatic rings. The lowest BCUT2D eigenvalue weighted by Gasteiger charge is -2.34. The minimum atomic E-state index is -0.209. The molecule has 1 fully saturated rings. The van der Waals surface area contributed by atoms with E-state index in [9.17, 15) is 9.59 Å². The smallest absolute Gasteiger partial charge is 0.321 e. The number of benzene rings is 1. The number of halogens is 1. The molecule has 0 atom stereocenters. The first-order valence-electron chi connectivity index (χ1n) is 7.28. The van der Waals surface area contributed by atoms with Crippen LogP contribution in [0.15, 0.2) is 24.3 Å². The molecular formula is C15H20IN3O3. The third kappa shape index (κ3) is 5.13. The summed E-state index contributed by atoms with van der Waals surface area (Å²) >= 11 is 2.22. The Balaban J connectivity index is 1.77. The van der Waals surface area contributed by atoms with Crippen molar-refractivity contribution in [1.29, 1.82) is 0 Å². The number of amides is 2. The quantitative estimate of drug-likeness (QED) is 0.602. The van der Waals surface area contributed by atoms with Crippen LogP contribution in [0.3, 0.4) is 0 Å². The van der Waals surface area contributed by atoms with E-state index in [1.165, 1.54) is 0 Å². The monoisotopic (exact) mass is 417 g/mol. The molecule has 7 heteroatoms. The van der Waals surface area contributed by atoms with E-state index in [4.69, 9.17) is 4.74 Å². The van der Waals surface area contributed by atoms with Crippen molar-refractivity contribution in [3.63, 3.8) is 0 Å². The number of urea groups is 1. The highest BCUT2D eigenvalue weighted by Gasteiger charge is 2.22. The molecule has 0 bridgehead atoms. The van der Waals surface area contributed by atoms with Gasteiger partial charge in [0.2, 0.25) is 0 Å². The number of piperazine rings is 1. The number of rotatable bonds is 4. The van der Waals surface area contributed by atoms with Gasteiger partial charge in [-0.3, -0.25) is 9.69 Å². The second kappa shape index (κ2) is 8.33. The van der Waals surface area contributed by atoms with Gasteiger partial charge in [-0.25, -0.2) is 4.79 Å². The molecule has 1 N–H and O–H groups in total. The number of esters is 1. The van der Waals surface area contributed by atoms with Crippen LogP contribution < -0.4 is 5.32 Å². The second-order valence-electron chi connectivity index (χ2n) is 5.01. The van der Waals surface area contributed by atoms with Gasteiger partial charge in [0.25, 0.3) is 0 Å². The van der Waals surface area contributed by atoms with Crippen LogP contribution in [0, 0.1) is 3.57 Å². The highest BCUT2D eigenvalue weighted by Crippen LogP contribution is 2.12. The van der Waals surface area contributed by atoms with Gasteiger partial charge >= 0.3 is 12.0 Å². The van der Waals surface area contributed by atoms with Gasteiger partial charge < -0.3 is 15.0 Å². The second-order valence-corrected chi connectivity index (χ2v) is 6.25. The lowest BCUT2D eigenvalue weighted by Crippen LogP contribution is -2.51. The van der Waals surface area contributed by atoms with Crippen molar-refractivity contribution in [2.45, 2.75) is 6.92 Å². The molecule has 1 aliphatic heterocycles. The minimum absolute atomic E-state index is 0.100. The molecule has 22 heavy (non-hydrogen) atoms. The van der Waals surface area contributed by atoms with Gasteiger partial charge in [0.05, 0.1) is 13.2 Å². The molecule has 1 aliphatic rings. The zero-order valence-electron chi connectivity index (χ0n) is 12.5. The molecular weight excluding hydrogens is 397 g/mol. The topological polar surface area (TPSA) is 61.9 Å². The summed E-state index contributed by atoms with van der Waals surface area (Å²) in [4.78, 5) is 27.4. The summed E-state index contributed by atoms with van der Waals surface area (Å²) in [5, 5.41) is 2.89. The zero-order chi connectivity index (χ0) is 15.9. The summed E-state index contributed by atoms with van der Waals surface area (Å²) in [5.41, 5.74) is 0.791. The van der Waals surface area contributed by atoms with Gasteiger partial charge in [-0.2, -0.15) is 0 Å². The Morgan fingerprint density at radius 2 is 1.82 bits per heavy atom. The van der Waals surface area contributed by atoms with Gasteiger partial charge in [-0.15, -0.1) is 0 Å². The van der Waals surface area contributed by atoms with E-state index in [0.29, 0.717) is 39.3 Å². The summed E-state index contributed by atoms with van der Waals surface area (Å²) in [6, 6.07) is 7.57. The molecule has 0 radical (unpaired) electrons. The molecule has 0 aromatic heterocycles. The fourth-order valence-electron chi connectivity index (χ4n) is 2.23. The van der Waals surface area contributed by atoms with Crippen molar-refractivity contribution in [3.05, 3.63) is 27.8 Å². The molecule has 1 aromatic carbocycles. The summed E-state index contributed by atoms with van der Waals surface area (Å²) in [5.74, 6) is -0.209. The van der Waals surface area contributed by atoms with Crippen molar-refractivity contribution in [2.24, 2.45) is 0 Å². The molecule has 0 aliphatic carbocycles. The van der Waals surface area contributed by atoms with E-state index >= 15 is 0 Å². The van der Waals surface area contributed by atoms with Crippen LogP contribution in [-0.2, 0) is 9.53 Å². The Hall–Kier alpha value is -1.35. The van der Waals surface area contributed by atoms with E-state index in [2.05, 4.69) is 27.9 Å². The Kier molecular flexibility index (Phi) is 6.44. The average Bonchev–Trinajstić information content (AvgIpc) is 2.50. The van der Waals surface area contributed by atoms with E-state index in [-0.39, 0.29) is 12.0 Å². The fourth-order valence-corrected chi connectivity index (χ4v) is 2.59. The average molecular weight is 417 g/mol. The summed E-state index contributed by atoms with van der Waals surface area (Å²) in [6.07, 6.45) is 0. The first kappa shape index (κ1) is 17.0. The first-order chi connectivity index (χ1) is 10.6. The number of ether oxygens (including phenoxy) is 1. The number of carbonyl (C=O) groups is 2. The Bertz CT molecular complexity index is 513. The van der Waals surface area contributed by atoms with Crippen molar-refractivity contribution in [3.8, 4) is 0 Å². The van der Waals surface area contributed by atoms with Gasteiger partial charge in [0, 0.05) is 35.4 Å². The molecule has 0 unspecified atom stereocenters. The number of carbonyl (C=O) groups excluding carboxylic acids is 2. The van der Waals surface area contributed by atoms with Crippen LogP contribution in [-0.4, -0.2) is 61.1 Å². The predicted octanol–water partition coefficient (Wildman–Crippen LogP) is 2.00. The normalized spacial score (nSPS) is 15.5. The van der Waals surface area contributed by atoms with Crippen LogP contribution in [0.5, 0.6) is 0 Å². The maximum Gasteiger partial charge on any atom is 0.321 e. The molecule has 2 amide bonds. The van der Waals surface area contributed by atoms with Crippen LogP contribution in [0.1, 0.15) is 6.92 Å². The summed E-state index contributed by atoms with van der Waals surface area (Å²) in [7, 11) is 0. The maximum absolute atomic E-state index is 12.2. The third-order valence-electron chi connectivity index (χ3n) is 3.41. The van der Waals surface area contributed by atoms with E-state index < -0.39 is 0 Å². The third-order valence-corrected chi connectivity index (χ3v) is 4.13. The van der Waals surface area contributed by atoms with Crippen LogP contribution in [0.4, 0.5) is 10.5 Å². The number of anilines is 1. The molecule has 0 spiro atoms. The van der Waals surface area contributed by atoms with Gasteiger partial charge in [-0.1, -0.05) is 0 Å². The summed E-state index contributed by atoms with van der Waals surface area (Å²) in [6.45, 7) is 5.06. The van der Waals surface area contributed by atoms with Crippen LogP contribution >= 0.6 is 22.6 Å². The van der Waals surface area contributed by atoms with E-state index in [1.54, 1.807) is 11.8 Å². The maximum atomic E-state index is 12.2. The Morgan fingerprint density at radius 1 is 1.18 bits per heavy atom. The molecule has 1 heterocycles. The number of hydrogen-bond donors (Lipinski definition) is 1. The van der Waals surface area contributed by atoms with E-state index in [1.807, 2.05) is 29.2 Å². The zero-order valence-corrected chi connectivity index (χ0v) is 14.7. The van der Waals surface area contributed by atoms with Crippen molar-refractivity contribution in [1.82, 2.24) is 9.80 Å². The number of nitrogens with zero attached hydrogens (tertiary/aromatic N) is 2.